The highest BCUT2D eigenvalue weighted by molar-refractivity contribution is 5.86. The van der Waals surface area contributed by atoms with E-state index in [4.69, 9.17) is 0 Å². The van der Waals surface area contributed by atoms with Crippen LogP contribution in [0.15, 0.2) is 18.2 Å². The van der Waals surface area contributed by atoms with E-state index in [-0.39, 0.29) is 29.6 Å². The van der Waals surface area contributed by atoms with Crippen LogP contribution in [0.3, 0.4) is 0 Å². The Morgan fingerprint density at radius 2 is 2.15 bits per heavy atom. The van der Waals surface area contributed by atoms with Crippen molar-refractivity contribution in [2.75, 3.05) is 13.1 Å². The maximum atomic E-state index is 13.5. The summed E-state index contributed by atoms with van der Waals surface area (Å²) >= 11 is 0. The van der Waals surface area contributed by atoms with Crippen molar-refractivity contribution < 1.29 is 18.4 Å². The van der Waals surface area contributed by atoms with Gasteiger partial charge in [0, 0.05) is 31.5 Å². The van der Waals surface area contributed by atoms with Crippen LogP contribution in [0.1, 0.15) is 25.3 Å². The Morgan fingerprint density at radius 3 is 2.80 bits per heavy atom. The van der Waals surface area contributed by atoms with Crippen LogP contribution in [0.4, 0.5) is 8.78 Å². The number of benzene rings is 1. The van der Waals surface area contributed by atoms with Crippen LogP contribution in [-0.4, -0.2) is 29.7 Å². The van der Waals surface area contributed by atoms with Gasteiger partial charge in [-0.05, 0) is 18.1 Å². The van der Waals surface area contributed by atoms with Gasteiger partial charge in [-0.25, -0.2) is 8.78 Å². The normalized spacial score (nSPS) is 19.2. The molecule has 0 bridgehead atoms. The molecular weight excluding hydrogens is 264 g/mol. The lowest BCUT2D eigenvalue weighted by Gasteiger charge is -2.31. The zero-order valence-electron chi connectivity index (χ0n) is 11.4. The SMILES string of the molecule is CCC1CN(C(=O)Cc2ccc(F)cc2F)CCC1=O. The zero-order valence-corrected chi connectivity index (χ0v) is 11.4. The number of hydrogen-bond acceptors (Lipinski definition) is 2. The first-order valence-corrected chi connectivity index (χ1v) is 6.75. The third kappa shape index (κ3) is 3.21. The first-order valence-electron chi connectivity index (χ1n) is 6.75. The van der Waals surface area contributed by atoms with E-state index in [1.165, 1.54) is 6.07 Å². The Kier molecular flexibility index (Phi) is 4.47. The van der Waals surface area contributed by atoms with Gasteiger partial charge in [-0.3, -0.25) is 9.59 Å². The molecule has 1 aromatic rings. The largest absolute Gasteiger partial charge is 0.341 e. The van der Waals surface area contributed by atoms with Crippen molar-refractivity contribution in [2.45, 2.75) is 26.2 Å². The highest BCUT2D eigenvalue weighted by atomic mass is 19.1. The van der Waals surface area contributed by atoms with Crippen LogP contribution >= 0.6 is 0 Å². The zero-order chi connectivity index (χ0) is 14.7. The van der Waals surface area contributed by atoms with Crippen LogP contribution in [0, 0.1) is 17.6 Å². The second-order valence-electron chi connectivity index (χ2n) is 5.07. The molecule has 1 heterocycles. The summed E-state index contributed by atoms with van der Waals surface area (Å²) < 4.78 is 26.3. The van der Waals surface area contributed by atoms with E-state index in [1.807, 2.05) is 6.92 Å². The van der Waals surface area contributed by atoms with Gasteiger partial charge in [-0.1, -0.05) is 13.0 Å². The summed E-state index contributed by atoms with van der Waals surface area (Å²) in [5.74, 6) is -1.52. The predicted octanol–water partition coefficient (Wildman–Crippen LogP) is 2.33. The van der Waals surface area contributed by atoms with Crippen LogP contribution in [0.25, 0.3) is 0 Å². The number of ketones is 1. The lowest BCUT2D eigenvalue weighted by atomic mass is 9.93. The third-order valence-electron chi connectivity index (χ3n) is 3.73. The van der Waals surface area contributed by atoms with Crippen molar-refractivity contribution in [2.24, 2.45) is 5.92 Å². The molecule has 1 unspecified atom stereocenters. The smallest absolute Gasteiger partial charge is 0.227 e. The molecule has 0 N–H and O–H groups in total. The van der Waals surface area contributed by atoms with Gasteiger partial charge in [0.2, 0.25) is 5.91 Å². The number of carbonyl (C=O) groups is 2. The Bertz CT molecular complexity index is 531. The van der Waals surface area contributed by atoms with Crippen LogP contribution in [-0.2, 0) is 16.0 Å². The fraction of sp³-hybridized carbons (Fsp3) is 0.467. The summed E-state index contributed by atoms with van der Waals surface area (Å²) in [6, 6.07) is 3.20. The van der Waals surface area contributed by atoms with E-state index in [2.05, 4.69) is 0 Å². The molecule has 1 aliphatic heterocycles. The van der Waals surface area contributed by atoms with Crippen molar-refractivity contribution in [1.82, 2.24) is 4.90 Å². The summed E-state index contributed by atoms with van der Waals surface area (Å²) in [6.45, 7) is 2.70. The van der Waals surface area contributed by atoms with Gasteiger partial charge in [0.05, 0.1) is 6.42 Å². The quantitative estimate of drug-likeness (QED) is 0.852. The summed E-state index contributed by atoms with van der Waals surface area (Å²) in [7, 11) is 0. The summed E-state index contributed by atoms with van der Waals surface area (Å²) in [5, 5.41) is 0. The molecule has 5 heteroatoms. The maximum absolute atomic E-state index is 13.5. The topological polar surface area (TPSA) is 37.4 Å². The number of piperidine rings is 1. The molecule has 20 heavy (non-hydrogen) atoms. The first-order chi connectivity index (χ1) is 9.51. The molecule has 0 aromatic heterocycles. The van der Waals surface area contributed by atoms with Gasteiger partial charge in [0.1, 0.15) is 17.4 Å². The van der Waals surface area contributed by atoms with Gasteiger partial charge in [-0.15, -0.1) is 0 Å². The molecule has 1 aliphatic rings. The second kappa shape index (κ2) is 6.11. The number of hydrogen-bond donors (Lipinski definition) is 0. The number of halogens is 2. The van der Waals surface area contributed by atoms with Crippen LogP contribution in [0.2, 0.25) is 0 Å². The third-order valence-corrected chi connectivity index (χ3v) is 3.73. The lowest BCUT2D eigenvalue weighted by Crippen LogP contribution is -2.44. The monoisotopic (exact) mass is 281 g/mol. The second-order valence-corrected chi connectivity index (χ2v) is 5.07. The van der Waals surface area contributed by atoms with Crippen molar-refractivity contribution in [3.8, 4) is 0 Å². The molecule has 3 nitrogen and oxygen atoms in total. The van der Waals surface area contributed by atoms with Crippen LogP contribution in [0.5, 0.6) is 0 Å². The number of Topliss-reactive ketones (excluding diaryl/α,β-unsaturated/α-hetero) is 1. The number of carbonyl (C=O) groups excluding carboxylic acids is 2. The molecule has 1 fully saturated rings. The average Bonchev–Trinajstić information content (AvgIpc) is 2.42. The summed E-state index contributed by atoms with van der Waals surface area (Å²) in [6.07, 6.45) is 0.959. The fourth-order valence-corrected chi connectivity index (χ4v) is 2.43. The van der Waals surface area contributed by atoms with E-state index >= 15 is 0 Å². The maximum Gasteiger partial charge on any atom is 0.227 e. The molecule has 1 saturated heterocycles. The van der Waals surface area contributed by atoms with E-state index < -0.39 is 11.6 Å². The number of amides is 1. The Morgan fingerprint density at radius 1 is 1.40 bits per heavy atom. The summed E-state index contributed by atoms with van der Waals surface area (Å²) in [5.41, 5.74) is 0.182. The van der Waals surface area contributed by atoms with E-state index in [9.17, 15) is 18.4 Å². The molecule has 0 radical (unpaired) electrons. The van der Waals surface area contributed by atoms with E-state index in [0.717, 1.165) is 12.1 Å². The van der Waals surface area contributed by atoms with Gasteiger partial charge in [-0.2, -0.15) is 0 Å². The minimum atomic E-state index is -0.710. The van der Waals surface area contributed by atoms with E-state index in [0.29, 0.717) is 25.9 Å². The molecule has 1 atom stereocenters. The Labute approximate surface area is 116 Å². The van der Waals surface area contributed by atoms with E-state index in [1.54, 1.807) is 4.90 Å². The molecule has 0 saturated carbocycles. The van der Waals surface area contributed by atoms with Gasteiger partial charge in [0.15, 0.2) is 0 Å². The minimum absolute atomic E-state index is 0.100. The Balaban J connectivity index is 2.03. The van der Waals surface area contributed by atoms with Crippen molar-refractivity contribution in [3.05, 3.63) is 35.4 Å². The summed E-state index contributed by atoms with van der Waals surface area (Å²) in [4.78, 5) is 25.3. The predicted molar refractivity (Wildman–Crippen MR) is 70.0 cm³/mol. The average molecular weight is 281 g/mol. The fourth-order valence-electron chi connectivity index (χ4n) is 2.43. The first kappa shape index (κ1) is 14.6. The van der Waals surface area contributed by atoms with Crippen molar-refractivity contribution in [3.63, 3.8) is 0 Å². The molecule has 0 aliphatic carbocycles. The van der Waals surface area contributed by atoms with Gasteiger partial charge in [0.25, 0.3) is 0 Å². The molecule has 2 rings (SSSR count). The highest BCUT2D eigenvalue weighted by Crippen LogP contribution is 2.18. The van der Waals surface area contributed by atoms with Crippen molar-refractivity contribution >= 4 is 11.7 Å². The Hall–Kier alpha value is -1.78. The number of nitrogens with zero attached hydrogens (tertiary/aromatic N) is 1. The standard InChI is InChI=1S/C15H17F2NO2/c1-2-10-9-18(6-5-14(10)19)15(20)7-11-3-4-12(16)8-13(11)17/h3-4,8,10H,2,5-7,9H2,1H3. The minimum Gasteiger partial charge on any atom is -0.341 e. The lowest BCUT2D eigenvalue weighted by molar-refractivity contribution is -0.136. The van der Waals surface area contributed by atoms with Crippen LogP contribution < -0.4 is 0 Å². The van der Waals surface area contributed by atoms with Crippen molar-refractivity contribution in [1.29, 1.82) is 0 Å². The molecule has 1 aromatic carbocycles. The van der Waals surface area contributed by atoms with Gasteiger partial charge >= 0.3 is 0 Å². The molecular formula is C15H17F2NO2. The highest BCUT2D eigenvalue weighted by Gasteiger charge is 2.28. The molecule has 0 spiro atoms. The molecule has 108 valence electrons. The molecule has 1 amide bonds. The van der Waals surface area contributed by atoms with Gasteiger partial charge < -0.3 is 4.90 Å². The number of rotatable bonds is 3. The number of likely N-dealkylation sites (tertiary alicyclic amines) is 1.